The summed E-state index contributed by atoms with van der Waals surface area (Å²) in [5.74, 6) is -0.248. The lowest BCUT2D eigenvalue weighted by Gasteiger charge is -2.33. The Morgan fingerprint density at radius 1 is 1.45 bits per heavy atom. The van der Waals surface area contributed by atoms with Gasteiger partial charge in [0.2, 0.25) is 5.91 Å². The van der Waals surface area contributed by atoms with Crippen LogP contribution in [0.5, 0.6) is 0 Å². The van der Waals surface area contributed by atoms with Crippen LogP contribution in [0, 0.1) is 5.41 Å². The van der Waals surface area contributed by atoms with Crippen molar-refractivity contribution in [3.05, 3.63) is 34.9 Å². The van der Waals surface area contributed by atoms with Crippen molar-refractivity contribution >= 4 is 17.5 Å². The summed E-state index contributed by atoms with van der Waals surface area (Å²) in [5.41, 5.74) is 12.2. The molecule has 0 radical (unpaired) electrons. The van der Waals surface area contributed by atoms with E-state index in [0.717, 1.165) is 18.5 Å². The third kappa shape index (κ3) is 2.82. The number of primary amides is 1. The first-order valence-electron chi connectivity index (χ1n) is 6.89. The molecule has 1 heterocycles. The van der Waals surface area contributed by atoms with E-state index in [4.69, 9.17) is 23.1 Å². The molecule has 1 saturated heterocycles. The van der Waals surface area contributed by atoms with E-state index >= 15 is 0 Å². The van der Waals surface area contributed by atoms with Crippen LogP contribution in [0.4, 0.5) is 0 Å². The van der Waals surface area contributed by atoms with Crippen molar-refractivity contribution < 1.29 is 4.79 Å². The molecular formula is C15H22ClN3O. The molecule has 4 nitrogen and oxygen atoms in total. The van der Waals surface area contributed by atoms with Crippen molar-refractivity contribution in [2.45, 2.75) is 32.4 Å². The van der Waals surface area contributed by atoms with Gasteiger partial charge in [-0.1, -0.05) is 29.8 Å². The molecule has 0 bridgehead atoms. The van der Waals surface area contributed by atoms with E-state index < -0.39 is 5.41 Å². The number of halogens is 1. The maximum Gasteiger partial charge on any atom is 0.224 e. The van der Waals surface area contributed by atoms with Gasteiger partial charge in [-0.15, -0.1) is 0 Å². The zero-order valence-corrected chi connectivity index (χ0v) is 12.7. The largest absolute Gasteiger partial charge is 0.369 e. The second kappa shape index (κ2) is 5.72. The highest BCUT2D eigenvalue weighted by Gasteiger charge is 2.42. The lowest BCUT2D eigenvalue weighted by atomic mass is 9.89. The Balaban J connectivity index is 2.28. The number of benzene rings is 1. The van der Waals surface area contributed by atoms with Crippen molar-refractivity contribution in [1.82, 2.24) is 4.90 Å². The van der Waals surface area contributed by atoms with Crippen molar-refractivity contribution in [3.63, 3.8) is 0 Å². The SMILES string of the molecule is CC(N)C(c1ccccc1Cl)N1CCC(C)(C(N)=O)C1. The minimum Gasteiger partial charge on any atom is -0.369 e. The number of rotatable bonds is 4. The molecule has 1 aromatic rings. The number of hydrogen-bond acceptors (Lipinski definition) is 3. The average molecular weight is 296 g/mol. The van der Waals surface area contributed by atoms with Gasteiger partial charge in [0.05, 0.1) is 11.5 Å². The monoisotopic (exact) mass is 295 g/mol. The normalized spacial score (nSPS) is 26.4. The van der Waals surface area contributed by atoms with E-state index in [9.17, 15) is 4.79 Å². The summed E-state index contributed by atoms with van der Waals surface area (Å²) < 4.78 is 0. The molecule has 3 unspecified atom stereocenters. The van der Waals surface area contributed by atoms with Crippen LogP contribution in [0.15, 0.2) is 24.3 Å². The number of hydrogen-bond donors (Lipinski definition) is 2. The Morgan fingerprint density at radius 2 is 2.10 bits per heavy atom. The van der Waals surface area contributed by atoms with Gasteiger partial charge in [-0.05, 0) is 38.4 Å². The molecule has 0 saturated carbocycles. The molecule has 3 atom stereocenters. The third-order valence-corrected chi connectivity index (χ3v) is 4.56. The van der Waals surface area contributed by atoms with Gasteiger partial charge in [0.25, 0.3) is 0 Å². The summed E-state index contributed by atoms with van der Waals surface area (Å²) >= 11 is 6.30. The maximum absolute atomic E-state index is 11.6. The lowest BCUT2D eigenvalue weighted by Crippen LogP contribution is -2.42. The quantitative estimate of drug-likeness (QED) is 0.891. The number of amides is 1. The van der Waals surface area contributed by atoms with Crippen LogP contribution < -0.4 is 11.5 Å². The van der Waals surface area contributed by atoms with Gasteiger partial charge >= 0.3 is 0 Å². The van der Waals surface area contributed by atoms with Crippen molar-refractivity contribution in [2.75, 3.05) is 13.1 Å². The Hall–Kier alpha value is -1.10. The molecule has 0 spiro atoms. The number of likely N-dealkylation sites (tertiary alicyclic amines) is 1. The molecule has 1 aromatic carbocycles. The minimum absolute atomic E-state index is 0.00451. The van der Waals surface area contributed by atoms with E-state index in [1.54, 1.807) is 0 Å². The molecule has 20 heavy (non-hydrogen) atoms. The van der Waals surface area contributed by atoms with E-state index in [1.165, 1.54) is 0 Å². The van der Waals surface area contributed by atoms with Gasteiger partial charge in [0.15, 0.2) is 0 Å². The molecule has 4 N–H and O–H groups in total. The summed E-state index contributed by atoms with van der Waals surface area (Å²) in [4.78, 5) is 13.8. The first-order valence-corrected chi connectivity index (χ1v) is 7.27. The molecule has 1 aliphatic rings. The fourth-order valence-electron chi connectivity index (χ4n) is 2.96. The fourth-order valence-corrected chi connectivity index (χ4v) is 3.21. The van der Waals surface area contributed by atoms with Crippen molar-refractivity contribution in [2.24, 2.45) is 16.9 Å². The Morgan fingerprint density at radius 3 is 2.60 bits per heavy atom. The number of nitrogens with two attached hydrogens (primary N) is 2. The highest BCUT2D eigenvalue weighted by atomic mass is 35.5. The fraction of sp³-hybridized carbons (Fsp3) is 0.533. The van der Waals surface area contributed by atoms with Crippen LogP contribution in [0.3, 0.4) is 0 Å². The van der Waals surface area contributed by atoms with Gasteiger partial charge < -0.3 is 11.5 Å². The van der Waals surface area contributed by atoms with Gasteiger partial charge in [0.1, 0.15) is 0 Å². The second-order valence-electron chi connectivity index (χ2n) is 5.97. The highest BCUT2D eigenvalue weighted by Crippen LogP contribution is 2.38. The zero-order valence-electron chi connectivity index (χ0n) is 12.0. The van der Waals surface area contributed by atoms with Crippen LogP contribution in [0.1, 0.15) is 31.9 Å². The molecular weight excluding hydrogens is 274 g/mol. The summed E-state index contributed by atoms with van der Waals surface area (Å²) in [7, 11) is 0. The molecule has 0 aromatic heterocycles. The van der Waals surface area contributed by atoms with Crippen molar-refractivity contribution in [3.8, 4) is 0 Å². The predicted molar refractivity (Wildman–Crippen MR) is 81.3 cm³/mol. The number of carbonyl (C=O) groups is 1. The van der Waals surface area contributed by atoms with Crippen LogP contribution in [-0.4, -0.2) is 29.9 Å². The number of nitrogens with zero attached hydrogens (tertiary/aromatic N) is 1. The summed E-state index contributed by atoms with van der Waals surface area (Å²) in [6.07, 6.45) is 0.760. The Labute approximate surface area is 125 Å². The standard InChI is InChI=1S/C15H22ClN3O/c1-10(17)13(11-5-3-4-6-12(11)16)19-8-7-15(2,9-19)14(18)20/h3-6,10,13H,7-9,17H2,1-2H3,(H2,18,20). The van der Waals surface area contributed by atoms with E-state index in [-0.39, 0.29) is 18.0 Å². The van der Waals surface area contributed by atoms with Crippen LogP contribution in [0.2, 0.25) is 5.02 Å². The van der Waals surface area contributed by atoms with Crippen LogP contribution >= 0.6 is 11.6 Å². The molecule has 2 rings (SSSR count). The molecule has 0 aliphatic carbocycles. The first kappa shape index (κ1) is 15.3. The first-order chi connectivity index (χ1) is 9.35. The molecule has 1 fully saturated rings. The molecule has 1 amide bonds. The highest BCUT2D eigenvalue weighted by molar-refractivity contribution is 6.31. The number of carbonyl (C=O) groups excluding carboxylic acids is 1. The Kier molecular flexibility index (Phi) is 4.37. The van der Waals surface area contributed by atoms with Gasteiger partial charge in [0, 0.05) is 17.6 Å². The van der Waals surface area contributed by atoms with E-state index in [0.29, 0.717) is 11.6 Å². The molecule has 110 valence electrons. The second-order valence-corrected chi connectivity index (χ2v) is 6.38. The van der Waals surface area contributed by atoms with Crippen LogP contribution in [-0.2, 0) is 4.79 Å². The van der Waals surface area contributed by atoms with Gasteiger partial charge in [-0.3, -0.25) is 9.69 Å². The average Bonchev–Trinajstić information content (AvgIpc) is 2.76. The Bertz CT molecular complexity index is 506. The van der Waals surface area contributed by atoms with Gasteiger partial charge in [-0.25, -0.2) is 0 Å². The summed E-state index contributed by atoms with van der Waals surface area (Å²) in [5, 5.41) is 0.711. The zero-order chi connectivity index (χ0) is 14.9. The van der Waals surface area contributed by atoms with Crippen molar-refractivity contribution in [1.29, 1.82) is 0 Å². The predicted octanol–water partition coefficient (Wildman–Crippen LogP) is 1.93. The summed E-state index contributed by atoms with van der Waals surface area (Å²) in [6.45, 7) is 5.31. The van der Waals surface area contributed by atoms with Crippen LogP contribution in [0.25, 0.3) is 0 Å². The molecule has 5 heteroatoms. The van der Waals surface area contributed by atoms with Gasteiger partial charge in [-0.2, -0.15) is 0 Å². The van der Waals surface area contributed by atoms with E-state index in [1.807, 2.05) is 38.1 Å². The minimum atomic E-state index is -0.478. The topological polar surface area (TPSA) is 72.3 Å². The third-order valence-electron chi connectivity index (χ3n) is 4.21. The smallest absolute Gasteiger partial charge is 0.224 e. The molecule has 1 aliphatic heterocycles. The van der Waals surface area contributed by atoms with E-state index in [2.05, 4.69) is 4.90 Å². The lowest BCUT2D eigenvalue weighted by molar-refractivity contribution is -0.126. The maximum atomic E-state index is 11.6. The summed E-state index contributed by atoms with van der Waals surface area (Å²) in [6, 6.07) is 7.66.